The molecule has 0 aliphatic heterocycles. The predicted octanol–water partition coefficient (Wildman–Crippen LogP) is 0.978. The SMILES string of the molecule is CCNc1ncc(C)c(OCCCO)n1. The fourth-order valence-electron chi connectivity index (χ4n) is 1.05. The highest BCUT2D eigenvalue weighted by molar-refractivity contribution is 5.32. The van der Waals surface area contributed by atoms with Gasteiger partial charge in [0.2, 0.25) is 11.8 Å². The van der Waals surface area contributed by atoms with Crippen LogP contribution in [0.25, 0.3) is 0 Å². The molecule has 0 saturated carbocycles. The van der Waals surface area contributed by atoms with Crippen LogP contribution in [0.1, 0.15) is 18.9 Å². The molecule has 0 unspecified atom stereocenters. The molecule has 0 saturated heterocycles. The van der Waals surface area contributed by atoms with Crippen molar-refractivity contribution in [2.45, 2.75) is 20.3 Å². The molecule has 15 heavy (non-hydrogen) atoms. The molecule has 84 valence electrons. The Balaban J connectivity index is 2.63. The van der Waals surface area contributed by atoms with Gasteiger partial charge in [-0.1, -0.05) is 0 Å². The average molecular weight is 211 g/mol. The van der Waals surface area contributed by atoms with Crippen LogP contribution in [0, 0.1) is 6.92 Å². The standard InChI is InChI=1S/C10H17N3O2/c1-3-11-10-12-7-8(2)9(13-10)15-6-4-5-14/h7,14H,3-6H2,1-2H3,(H,11,12,13). The van der Waals surface area contributed by atoms with Crippen LogP contribution < -0.4 is 10.1 Å². The molecule has 1 heterocycles. The molecule has 1 aromatic rings. The summed E-state index contributed by atoms with van der Waals surface area (Å²) >= 11 is 0. The number of anilines is 1. The number of ether oxygens (including phenoxy) is 1. The van der Waals surface area contributed by atoms with Crippen molar-refractivity contribution in [3.8, 4) is 5.88 Å². The van der Waals surface area contributed by atoms with Crippen molar-refractivity contribution in [3.63, 3.8) is 0 Å². The fraction of sp³-hybridized carbons (Fsp3) is 0.600. The molecule has 2 N–H and O–H groups in total. The lowest BCUT2D eigenvalue weighted by atomic mass is 10.4. The van der Waals surface area contributed by atoms with Gasteiger partial charge in [0, 0.05) is 31.3 Å². The minimum absolute atomic E-state index is 0.129. The van der Waals surface area contributed by atoms with Crippen LogP contribution in [0.15, 0.2) is 6.20 Å². The lowest BCUT2D eigenvalue weighted by Crippen LogP contribution is -2.07. The van der Waals surface area contributed by atoms with Gasteiger partial charge in [0.05, 0.1) is 6.61 Å². The fourth-order valence-corrected chi connectivity index (χ4v) is 1.05. The number of nitrogens with one attached hydrogen (secondary N) is 1. The van der Waals surface area contributed by atoms with Gasteiger partial charge < -0.3 is 15.2 Å². The van der Waals surface area contributed by atoms with Crippen LogP contribution in [-0.4, -0.2) is 34.8 Å². The van der Waals surface area contributed by atoms with Crippen molar-refractivity contribution >= 4 is 5.95 Å². The third kappa shape index (κ3) is 3.71. The van der Waals surface area contributed by atoms with E-state index in [9.17, 15) is 0 Å². The highest BCUT2D eigenvalue weighted by Gasteiger charge is 2.03. The average Bonchev–Trinajstić information content (AvgIpc) is 2.23. The van der Waals surface area contributed by atoms with Crippen molar-refractivity contribution in [2.24, 2.45) is 0 Å². The molecular formula is C10H17N3O2. The van der Waals surface area contributed by atoms with Crippen molar-refractivity contribution in [1.29, 1.82) is 0 Å². The van der Waals surface area contributed by atoms with Crippen molar-refractivity contribution in [1.82, 2.24) is 9.97 Å². The van der Waals surface area contributed by atoms with E-state index in [0.29, 0.717) is 24.9 Å². The second-order valence-corrected chi connectivity index (χ2v) is 3.14. The van der Waals surface area contributed by atoms with Crippen LogP contribution in [0.4, 0.5) is 5.95 Å². The Morgan fingerprint density at radius 2 is 2.33 bits per heavy atom. The maximum Gasteiger partial charge on any atom is 0.225 e. The Bertz CT molecular complexity index is 305. The van der Waals surface area contributed by atoms with Gasteiger partial charge in [-0.2, -0.15) is 4.98 Å². The van der Waals surface area contributed by atoms with E-state index in [-0.39, 0.29) is 6.61 Å². The van der Waals surface area contributed by atoms with E-state index in [0.717, 1.165) is 12.1 Å². The summed E-state index contributed by atoms with van der Waals surface area (Å²) in [5.41, 5.74) is 0.898. The molecule has 0 aliphatic carbocycles. The summed E-state index contributed by atoms with van der Waals surface area (Å²) in [5, 5.41) is 11.6. The van der Waals surface area contributed by atoms with Gasteiger partial charge in [-0.3, -0.25) is 0 Å². The number of aliphatic hydroxyl groups is 1. The van der Waals surface area contributed by atoms with Crippen LogP contribution in [0.2, 0.25) is 0 Å². The summed E-state index contributed by atoms with van der Waals surface area (Å²) in [6, 6.07) is 0. The number of rotatable bonds is 6. The van der Waals surface area contributed by atoms with E-state index in [1.165, 1.54) is 0 Å². The Kier molecular flexibility index (Phi) is 4.83. The number of nitrogens with zero attached hydrogens (tertiary/aromatic N) is 2. The molecule has 0 aromatic carbocycles. The number of aliphatic hydroxyl groups excluding tert-OH is 1. The molecule has 5 nitrogen and oxygen atoms in total. The minimum Gasteiger partial charge on any atom is -0.477 e. The highest BCUT2D eigenvalue weighted by Crippen LogP contribution is 2.15. The maximum atomic E-state index is 8.63. The van der Waals surface area contributed by atoms with Gasteiger partial charge in [0.25, 0.3) is 0 Å². The van der Waals surface area contributed by atoms with E-state index in [1.807, 2.05) is 13.8 Å². The third-order valence-electron chi connectivity index (χ3n) is 1.80. The molecule has 0 fully saturated rings. The molecule has 0 aliphatic rings. The van der Waals surface area contributed by atoms with Crippen molar-refractivity contribution < 1.29 is 9.84 Å². The molecule has 0 amide bonds. The zero-order valence-electron chi connectivity index (χ0n) is 9.16. The summed E-state index contributed by atoms with van der Waals surface area (Å²) in [5.74, 6) is 1.15. The zero-order chi connectivity index (χ0) is 11.1. The second kappa shape index (κ2) is 6.19. The number of aryl methyl sites for hydroxylation is 1. The number of hydrogen-bond donors (Lipinski definition) is 2. The summed E-state index contributed by atoms with van der Waals surface area (Å²) in [7, 11) is 0. The molecule has 0 radical (unpaired) electrons. The first-order chi connectivity index (χ1) is 7.27. The zero-order valence-corrected chi connectivity index (χ0v) is 9.16. The van der Waals surface area contributed by atoms with Crippen LogP contribution in [0.5, 0.6) is 5.88 Å². The lowest BCUT2D eigenvalue weighted by Gasteiger charge is -2.08. The van der Waals surface area contributed by atoms with Gasteiger partial charge >= 0.3 is 0 Å². The molecule has 1 rings (SSSR count). The summed E-state index contributed by atoms with van der Waals surface area (Å²) in [6.07, 6.45) is 2.33. The van der Waals surface area contributed by atoms with E-state index in [2.05, 4.69) is 15.3 Å². The third-order valence-corrected chi connectivity index (χ3v) is 1.80. The lowest BCUT2D eigenvalue weighted by molar-refractivity contribution is 0.228. The second-order valence-electron chi connectivity index (χ2n) is 3.14. The largest absolute Gasteiger partial charge is 0.477 e. The topological polar surface area (TPSA) is 67.3 Å². The highest BCUT2D eigenvalue weighted by atomic mass is 16.5. The van der Waals surface area contributed by atoms with E-state index in [1.54, 1.807) is 6.20 Å². The van der Waals surface area contributed by atoms with Gasteiger partial charge in [-0.15, -0.1) is 0 Å². The smallest absolute Gasteiger partial charge is 0.225 e. The van der Waals surface area contributed by atoms with Crippen LogP contribution in [-0.2, 0) is 0 Å². The van der Waals surface area contributed by atoms with Crippen LogP contribution >= 0.6 is 0 Å². The first kappa shape index (κ1) is 11.7. The van der Waals surface area contributed by atoms with Crippen molar-refractivity contribution in [2.75, 3.05) is 25.1 Å². The van der Waals surface area contributed by atoms with E-state index < -0.39 is 0 Å². The maximum absolute atomic E-state index is 8.63. The van der Waals surface area contributed by atoms with Gasteiger partial charge in [-0.05, 0) is 13.8 Å². The molecule has 0 spiro atoms. The summed E-state index contributed by atoms with van der Waals surface area (Å²) in [6.45, 7) is 5.25. The van der Waals surface area contributed by atoms with Gasteiger partial charge in [-0.25, -0.2) is 4.98 Å². The Morgan fingerprint density at radius 3 is 3.00 bits per heavy atom. The first-order valence-corrected chi connectivity index (χ1v) is 5.09. The quantitative estimate of drug-likeness (QED) is 0.686. The molecule has 0 atom stereocenters. The van der Waals surface area contributed by atoms with Gasteiger partial charge in [0.15, 0.2) is 0 Å². The first-order valence-electron chi connectivity index (χ1n) is 5.09. The Hall–Kier alpha value is -1.36. The minimum atomic E-state index is 0.129. The molecule has 1 aromatic heterocycles. The monoisotopic (exact) mass is 211 g/mol. The van der Waals surface area contributed by atoms with E-state index >= 15 is 0 Å². The summed E-state index contributed by atoms with van der Waals surface area (Å²) < 4.78 is 5.41. The Labute approximate surface area is 89.5 Å². The van der Waals surface area contributed by atoms with Crippen molar-refractivity contribution in [3.05, 3.63) is 11.8 Å². The summed E-state index contributed by atoms with van der Waals surface area (Å²) in [4.78, 5) is 8.31. The Morgan fingerprint density at radius 1 is 1.53 bits per heavy atom. The van der Waals surface area contributed by atoms with E-state index in [4.69, 9.17) is 9.84 Å². The van der Waals surface area contributed by atoms with Crippen LogP contribution in [0.3, 0.4) is 0 Å². The number of aromatic nitrogens is 2. The predicted molar refractivity (Wildman–Crippen MR) is 58.1 cm³/mol. The number of hydrogen-bond acceptors (Lipinski definition) is 5. The molecular weight excluding hydrogens is 194 g/mol. The van der Waals surface area contributed by atoms with Gasteiger partial charge in [0.1, 0.15) is 0 Å². The normalized spacial score (nSPS) is 10.1. The molecule has 5 heteroatoms. The molecule has 0 bridgehead atoms.